The number of hydrogen-bond donors (Lipinski definition) is 4. The largest absolute Gasteiger partial charge is 0.480 e. The van der Waals surface area contributed by atoms with Crippen LogP contribution in [0.15, 0.2) is 121 Å². The molecule has 0 bridgehead atoms. The van der Waals surface area contributed by atoms with Crippen molar-refractivity contribution in [2.75, 3.05) is 198 Å². The third kappa shape index (κ3) is 39.6. The maximum atomic E-state index is 12.3. The first-order valence-electron chi connectivity index (χ1n) is 28.7. The molecule has 25 nitrogen and oxygen atoms in total. The number of aliphatic hydroxyl groups is 2. The molecule has 0 radical (unpaired) electrons. The number of carboxylic acids is 2. The number of carbonyl (C=O) groups excluding carboxylic acids is 2. The van der Waals surface area contributed by atoms with Crippen molar-refractivity contribution < 1.29 is 120 Å². The average molecular weight is 1230 g/mol. The highest BCUT2D eigenvalue weighted by molar-refractivity contribution is 5.76. The zero-order valence-electron chi connectivity index (χ0n) is 49.4. The molecule has 2 aliphatic heterocycles. The molecular weight excluding hydrogens is 1140 g/mol. The van der Waals surface area contributed by atoms with E-state index in [9.17, 15) is 19.2 Å². The van der Waals surface area contributed by atoms with Gasteiger partial charge in [0.1, 0.15) is 38.6 Å². The van der Waals surface area contributed by atoms with Crippen molar-refractivity contribution in [3.8, 4) is 0 Å². The quantitative estimate of drug-likeness (QED) is 0.0662. The van der Waals surface area contributed by atoms with E-state index in [-0.39, 0.29) is 98.1 Å². The second kappa shape index (κ2) is 53.1. The average Bonchev–Trinajstić information content (AvgIpc) is 3.70. The summed E-state index contributed by atoms with van der Waals surface area (Å²) in [6.45, 7) is 8.94. The van der Waals surface area contributed by atoms with E-state index in [2.05, 4.69) is 0 Å². The van der Waals surface area contributed by atoms with Gasteiger partial charge in [-0.2, -0.15) is 0 Å². The molecule has 4 aromatic carbocycles. The van der Waals surface area contributed by atoms with Crippen molar-refractivity contribution in [3.05, 3.63) is 144 Å². The maximum Gasteiger partial charge on any atom is 0.340 e. The molecule has 25 heteroatoms. The van der Waals surface area contributed by atoms with Gasteiger partial charge in [0.25, 0.3) is 0 Å². The lowest BCUT2D eigenvalue weighted by molar-refractivity contribution is -0.160. The lowest BCUT2D eigenvalue weighted by Gasteiger charge is -2.18. The second-order valence-electron chi connectivity index (χ2n) is 18.0. The molecule has 2 aliphatic rings. The number of esters is 2. The summed E-state index contributed by atoms with van der Waals surface area (Å²) in [4.78, 5) is 45.4. The van der Waals surface area contributed by atoms with Crippen LogP contribution in [0.25, 0.3) is 0 Å². The van der Waals surface area contributed by atoms with E-state index in [1.54, 1.807) is 24.3 Å². The van der Waals surface area contributed by atoms with E-state index in [1.165, 1.54) is 0 Å². The van der Waals surface area contributed by atoms with Gasteiger partial charge in [0.2, 0.25) is 0 Å². The Bertz CT molecular complexity index is 2250. The molecule has 4 aromatic rings. The standard InChI is InChI=1S/2C18H26O7.C14H20O6.C12H16O5/c19-18-15-23-14-17(16-4-2-1-3-5-16)24-12-10-21-8-6-20-7-9-22-11-13-25-18;19-18-17(16-4-2-1-3-5-16)24-14-12-22-10-8-20-6-7-21-9-11-23-13-15-25-18;15-6-7-18-8-9-20-13(10-19-11-14(16)17)12-4-2-1-3-5-12;13-6-7-16-8-9-17-11(12(14)15)10-4-2-1-3-5-10/h2*1-5,17H,6-15H2;1-5,13,15H,6-11H2,(H,16,17);1-5,11,13H,6-9H2,(H,14,15). The molecule has 0 aliphatic carbocycles. The Morgan fingerprint density at radius 3 is 1.36 bits per heavy atom. The van der Waals surface area contributed by atoms with Gasteiger partial charge in [0.05, 0.1) is 172 Å². The fraction of sp³-hybridized carbons (Fsp3) is 0.548. The Morgan fingerprint density at radius 2 is 0.874 bits per heavy atom. The minimum atomic E-state index is -1.03. The van der Waals surface area contributed by atoms with Crippen LogP contribution in [-0.2, 0) is 99.7 Å². The van der Waals surface area contributed by atoms with E-state index in [0.29, 0.717) is 118 Å². The Kier molecular flexibility index (Phi) is 46.0. The van der Waals surface area contributed by atoms with E-state index in [0.717, 1.165) is 16.7 Å². The van der Waals surface area contributed by atoms with E-state index in [1.807, 2.05) is 97.1 Å². The molecule has 486 valence electrons. The van der Waals surface area contributed by atoms with Crippen molar-refractivity contribution >= 4 is 23.9 Å². The summed E-state index contributed by atoms with van der Waals surface area (Å²) in [7, 11) is 0. The monoisotopic (exact) mass is 1230 g/mol. The molecule has 0 saturated carbocycles. The molecular formula is C62H88O25. The van der Waals surface area contributed by atoms with Crippen LogP contribution in [0.5, 0.6) is 0 Å². The summed E-state index contributed by atoms with van der Waals surface area (Å²) in [5.74, 6) is -2.90. The first-order chi connectivity index (χ1) is 42.7. The smallest absolute Gasteiger partial charge is 0.340 e. The summed E-state index contributed by atoms with van der Waals surface area (Å²) in [6, 6.07) is 37.2. The van der Waals surface area contributed by atoms with Crippen molar-refractivity contribution in [1.82, 2.24) is 0 Å². The van der Waals surface area contributed by atoms with Crippen LogP contribution in [-0.4, -0.2) is 243 Å². The molecule has 0 amide bonds. The number of carboxylic acid groups (broad SMARTS) is 2. The predicted octanol–water partition coefficient (Wildman–Crippen LogP) is 4.43. The molecule has 4 N–H and O–H groups in total. The number of rotatable bonds is 21. The number of aliphatic hydroxyl groups excluding tert-OH is 2. The second-order valence-corrected chi connectivity index (χ2v) is 18.0. The molecule has 4 unspecified atom stereocenters. The molecule has 0 aromatic heterocycles. The number of carbonyl (C=O) groups is 4. The minimum absolute atomic E-state index is 0.0240. The zero-order valence-corrected chi connectivity index (χ0v) is 49.4. The van der Waals surface area contributed by atoms with Crippen molar-refractivity contribution in [3.63, 3.8) is 0 Å². The van der Waals surface area contributed by atoms with E-state index < -0.39 is 36.1 Å². The molecule has 87 heavy (non-hydrogen) atoms. The number of aliphatic carboxylic acids is 2. The lowest BCUT2D eigenvalue weighted by Crippen LogP contribution is -2.23. The van der Waals surface area contributed by atoms with Gasteiger partial charge < -0.3 is 101 Å². The van der Waals surface area contributed by atoms with Crippen molar-refractivity contribution in [2.24, 2.45) is 0 Å². The molecule has 2 heterocycles. The Hall–Kier alpha value is -5.92. The number of cyclic esters (lactones) is 2. The fourth-order valence-electron chi connectivity index (χ4n) is 7.30. The predicted molar refractivity (Wildman–Crippen MR) is 311 cm³/mol. The van der Waals surface area contributed by atoms with Crippen LogP contribution >= 0.6 is 0 Å². The molecule has 0 spiro atoms. The maximum absolute atomic E-state index is 12.3. The normalized spacial score (nSPS) is 18.6. The van der Waals surface area contributed by atoms with Gasteiger partial charge in [-0.25, -0.2) is 19.2 Å². The van der Waals surface area contributed by atoms with Gasteiger partial charge in [-0.1, -0.05) is 121 Å². The summed E-state index contributed by atoms with van der Waals surface area (Å²) >= 11 is 0. The topological polar surface area (TPSA) is 306 Å². The lowest BCUT2D eigenvalue weighted by atomic mass is 10.1. The summed E-state index contributed by atoms with van der Waals surface area (Å²) in [5.41, 5.74) is 3.25. The SMILES string of the molecule is O=C(O)C(OCCOCCO)c1ccccc1.O=C(O)COCC(OCCOCCO)c1ccccc1.O=C1COCC(c2ccccc2)OCCOCCOCCOCCO1.O=C1OCCOCCOCCOCCOCCOC1c1ccccc1. The van der Waals surface area contributed by atoms with Gasteiger partial charge in [-0.15, -0.1) is 0 Å². The van der Waals surface area contributed by atoms with Crippen molar-refractivity contribution in [1.29, 1.82) is 0 Å². The molecule has 2 fully saturated rings. The molecule has 2 saturated heterocycles. The number of ether oxygens (including phenoxy) is 17. The van der Waals surface area contributed by atoms with Gasteiger partial charge >= 0.3 is 23.9 Å². The van der Waals surface area contributed by atoms with Crippen LogP contribution < -0.4 is 0 Å². The Labute approximate surface area is 508 Å². The molecule has 4 atom stereocenters. The number of hydrogen-bond acceptors (Lipinski definition) is 23. The van der Waals surface area contributed by atoms with Gasteiger partial charge in [0, 0.05) is 0 Å². The highest BCUT2D eigenvalue weighted by atomic mass is 16.6. The summed E-state index contributed by atoms with van der Waals surface area (Å²) in [6.07, 6.45) is -2.36. The van der Waals surface area contributed by atoms with Gasteiger partial charge in [-0.3, -0.25) is 0 Å². The Morgan fingerprint density at radius 1 is 0.448 bits per heavy atom. The van der Waals surface area contributed by atoms with Crippen LogP contribution in [0.2, 0.25) is 0 Å². The summed E-state index contributed by atoms with van der Waals surface area (Å²) in [5, 5.41) is 34.6. The van der Waals surface area contributed by atoms with Crippen LogP contribution in [0.1, 0.15) is 46.7 Å². The van der Waals surface area contributed by atoms with Crippen LogP contribution in [0.4, 0.5) is 0 Å². The zero-order chi connectivity index (χ0) is 62.3. The first kappa shape index (κ1) is 75.3. The van der Waals surface area contributed by atoms with Gasteiger partial charge in [0.15, 0.2) is 12.2 Å². The third-order valence-electron chi connectivity index (χ3n) is 11.4. The molecule has 6 rings (SSSR count). The van der Waals surface area contributed by atoms with Gasteiger partial charge in [-0.05, 0) is 22.3 Å². The van der Waals surface area contributed by atoms with Crippen LogP contribution in [0, 0.1) is 0 Å². The Balaban J connectivity index is 0.000000307. The fourth-order valence-corrected chi connectivity index (χ4v) is 7.30. The minimum Gasteiger partial charge on any atom is -0.480 e. The van der Waals surface area contributed by atoms with Crippen LogP contribution in [0.3, 0.4) is 0 Å². The van der Waals surface area contributed by atoms with E-state index >= 15 is 0 Å². The third-order valence-corrected chi connectivity index (χ3v) is 11.4. The summed E-state index contributed by atoms with van der Waals surface area (Å²) < 4.78 is 91.0. The van der Waals surface area contributed by atoms with Crippen molar-refractivity contribution in [2.45, 2.75) is 24.4 Å². The highest BCUT2D eigenvalue weighted by Gasteiger charge is 2.24. The number of benzene rings is 4. The highest BCUT2D eigenvalue weighted by Crippen LogP contribution is 2.21. The van der Waals surface area contributed by atoms with E-state index in [4.69, 9.17) is 101 Å². The first-order valence-corrected chi connectivity index (χ1v) is 28.7.